The Hall–Kier alpha value is -0.130. The lowest BCUT2D eigenvalue weighted by Gasteiger charge is -2.09. The summed E-state index contributed by atoms with van der Waals surface area (Å²) in [7, 11) is 0. The van der Waals surface area contributed by atoms with Crippen LogP contribution < -0.4 is 0 Å². The van der Waals surface area contributed by atoms with Crippen LogP contribution in [0.4, 0.5) is 0 Å². The average molecular weight is 183 g/mol. The van der Waals surface area contributed by atoms with E-state index in [0.29, 0.717) is 0 Å². The minimum Gasteiger partial charge on any atom is -0.0654 e. The van der Waals surface area contributed by atoms with Gasteiger partial charge in [0.05, 0.1) is 13.3 Å². The van der Waals surface area contributed by atoms with Crippen molar-refractivity contribution < 1.29 is 0 Å². The van der Waals surface area contributed by atoms with Crippen molar-refractivity contribution in [2.24, 2.45) is 5.92 Å². The van der Waals surface area contributed by atoms with Gasteiger partial charge in [0.2, 0.25) is 0 Å². The molecule has 0 aromatic rings. The highest BCUT2D eigenvalue weighted by Gasteiger charge is 2.07. The van der Waals surface area contributed by atoms with Crippen LogP contribution in [0.2, 0.25) is 0 Å². The van der Waals surface area contributed by atoms with Gasteiger partial charge in [-0.25, -0.2) is 0 Å². The van der Waals surface area contributed by atoms with Crippen molar-refractivity contribution in [1.29, 1.82) is 0 Å². The predicted molar refractivity (Wildman–Crippen MR) is 61.7 cm³/mol. The summed E-state index contributed by atoms with van der Waals surface area (Å²) in [4.78, 5) is 0. The number of hydrogen-bond donors (Lipinski definition) is 0. The summed E-state index contributed by atoms with van der Waals surface area (Å²) in [5, 5.41) is 0. The molecule has 78 valence electrons. The Bertz CT molecular complexity index is 86.0. The lowest BCUT2D eigenvalue weighted by molar-refractivity contribution is 0.423. The van der Waals surface area contributed by atoms with Crippen molar-refractivity contribution in [3.8, 4) is 0 Å². The fourth-order valence-electron chi connectivity index (χ4n) is 1.88. The summed E-state index contributed by atoms with van der Waals surface area (Å²) >= 11 is 0. The zero-order valence-corrected chi connectivity index (χ0v) is 9.65. The van der Waals surface area contributed by atoms with Gasteiger partial charge in [0.1, 0.15) is 0 Å². The van der Waals surface area contributed by atoms with E-state index >= 15 is 0 Å². The molecule has 0 saturated heterocycles. The molecule has 0 aromatic heterocycles. The molecule has 0 aromatic carbocycles. The van der Waals surface area contributed by atoms with Gasteiger partial charge in [-0.05, 0) is 18.8 Å². The summed E-state index contributed by atoms with van der Waals surface area (Å²) in [6.07, 6.45) is 12.4. The second-order valence-corrected chi connectivity index (χ2v) is 4.15. The quantitative estimate of drug-likeness (QED) is 0.349. The summed E-state index contributed by atoms with van der Waals surface area (Å²) < 4.78 is 0. The molecule has 0 nitrogen and oxygen atoms in total. The first-order valence-electron chi connectivity index (χ1n) is 6.14. The van der Waals surface area contributed by atoms with Crippen LogP contribution in [0.25, 0.3) is 0 Å². The molecule has 0 bridgehead atoms. The van der Waals surface area contributed by atoms with E-state index in [-0.39, 0.29) is 0 Å². The minimum absolute atomic E-state index is 0.909. The van der Waals surface area contributed by atoms with Crippen LogP contribution >= 0.6 is 0 Å². The zero-order chi connectivity index (χ0) is 9.94. The Labute approximate surface area is 85.1 Å². The Balaban J connectivity index is 3.17. The van der Waals surface area contributed by atoms with Crippen molar-refractivity contribution in [3.63, 3.8) is 0 Å². The predicted octanol–water partition coefficient (Wildman–Crippen LogP) is 4.99. The number of rotatable bonds is 9. The van der Waals surface area contributed by atoms with Gasteiger partial charge in [0, 0.05) is 0 Å². The molecule has 0 saturated carbocycles. The Morgan fingerprint density at radius 2 is 1.54 bits per heavy atom. The molecule has 0 rings (SSSR count). The largest absolute Gasteiger partial charge is 0.0878 e. The lowest BCUT2D eigenvalue weighted by atomic mass is 9.94. The molecule has 0 spiro atoms. The molecule has 0 aliphatic rings. The fourth-order valence-corrected chi connectivity index (χ4v) is 1.88. The fraction of sp³-hybridized carbons (Fsp3) is 0.923. The smallest absolute Gasteiger partial charge is 0.0654 e. The second kappa shape index (κ2) is 9.95. The molecule has 1 unspecified atom stereocenters. The molecule has 13 heavy (non-hydrogen) atoms. The van der Waals surface area contributed by atoms with Gasteiger partial charge in [0.25, 0.3) is 0 Å². The van der Waals surface area contributed by atoms with Crippen LogP contribution in [-0.2, 0) is 0 Å². The molecule has 0 heteroatoms. The normalized spacial score (nSPS) is 13.1. The highest BCUT2D eigenvalue weighted by atomic mass is 14.1. The third-order valence-corrected chi connectivity index (χ3v) is 2.82. The first kappa shape index (κ1) is 12.9. The summed E-state index contributed by atoms with van der Waals surface area (Å²) in [6.45, 7) is 8.57. The number of unbranched alkanes of at least 4 members (excludes halogenated alkanes) is 4. The van der Waals surface area contributed by atoms with Gasteiger partial charge < -0.3 is 0 Å². The molecule has 0 aliphatic heterocycles. The van der Waals surface area contributed by atoms with E-state index in [9.17, 15) is 0 Å². The van der Waals surface area contributed by atoms with E-state index in [4.69, 9.17) is 0 Å². The van der Waals surface area contributed by atoms with Crippen LogP contribution in [0.1, 0.15) is 71.6 Å². The third-order valence-electron chi connectivity index (χ3n) is 2.82. The standard InChI is InChI=1S/C13H27/c1-4-7-8-9-10-12-13(6-3)11-5-2/h13H,3-12H2,1-2H3/q+1. The Kier molecular flexibility index (Phi) is 9.85. The highest BCUT2D eigenvalue weighted by molar-refractivity contribution is 4.60. The summed E-state index contributed by atoms with van der Waals surface area (Å²) in [5.41, 5.74) is 0. The first-order chi connectivity index (χ1) is 6.35. The summed E-state index contributed by atoms with van der Waals surface area (Å²) in [5.74, 6) is 0.909. The van der Waals surface area contributed by atoms with Crippen molar-refractivity contribution in [3.05, 3.63) is 6.92 Å². The van der Waals surface area contributed by atoms with E-state index < -0.39 is 0 Å². The first-order valence-corrected chi connectivity index (χ1v) is 6.14. The van der Waals surface area contributed by atoms with Gasteiger partial charge >= 0.3 is 0 Å². The molecule has 1 atom stereocenters. The maximum absolute atomic E-state index is 4.02. The van der Waals surface area contributed by atoms with E-state index in [2.05, 4.69) is 20.8 Å². The van der Waals surface area contributed by atoms with Crippen LogP contribution in [-0.4, -0.2) is 0 Å². The van der Waals surface area contributed by atoms with Crippen molar-refractivity contribution in [2.75, 3.05) is 0 Å². The monoisotopic (exact) mass is 183 g/mol. The Morgan fingerprint density at radius 3 is 2.08 bits per heavy atom. The van der Waals surface area contributed by atoms with E-state index in [0.717, 1.165) is 12.3 Å². The molecule has 0 aliphatic carbocycles. The van der Waals surface area contributed by atoms with E-state index in [1.54, 1.807) is 0 Å². The van der Waals surface area contributed by atoms with Crippen LogP contribution in [0.3, 0.4) is 0 Å². The minimum atomic E-state index is 0.909. The zero-order valence-electron chi connectivity index (χ0n) is 9.65. The van der Waals surface area contributed by atoms with E-state index in [1.807, 2.05) is 0 Å². The third kappa shape index (κ3) is 8.21. The lowest BCUT2D eigenvalue weighted by Crippen LogP contribution is -1.98. The average Bonchev–Trinajstić information content (AvgIpc) is 2.16. The van der Waals surface area contributed by atoms with Crippen LogP contribution in [0.5, 0.6) is 0 Å². The van der Waals surface area contributed by atoms with Crippen LogP contribution in [0.15, 0.2) is 0 Å². The van der Waals surface area contributed by atoms with Gasteiger partial charge in [-0.1, -0.05) is 52.4 Å². The topological polar surface area (TPSA) is 0 Å². The SMILES string of the molecule is [CH2+]CC(CCC)CCCCCCC. The van der Waals surface area contributed by atoms with Crippen LogP contribution in [0, 0.1) is 12.8 Å². The van der Waals surface area contributed by atoms with Gasteiger partial charge in [0.15, 0.2) is 0 Å². The van der Waals surface area contributed by atoms with Crippen molar-refractivity contribution in [1.82, 2.24) is 0 Å². The molecular formula is C13H27+. The maximum Gasteiger partial charge on any atom is 0.0878 e. The maximum atomic E-state index is 4.02. The summed E-state index contributed by atoms with van der Waals surface area (Å²) in [6, 6.07) is 0. The molecule has 0 heterocycles. The molecule has 0 N–H and O–H groups in total. The second-order valence-electron chi connectivity index (χ2n) is 4.15. The molecule has 0 radical (unpaired) electrons. The molecule has 0 amide bonds. The number of hydrogen-bond acceptors (Lipinski definition) is 0. The van der Waals surface area contributed by atoms with Gasteiger partial charge in [-0.2, -0.15) is 0 Å². The van der Waals surface area contributed by atoms with E-state index in [1.165, 1.54) is 51.4 Å². The van der Waals surface area contributed by atoms with Crippen molar-refractivity contribution >= 4 is 0 Å². The molecular weight excluding hydrogens is 156 g/mol. The highest BCUT2D eigenvalue weighted by Crippen LogP contribution is 2.18. The Morgan fingerprint density at radius 1 is 0.846 bits per heavy atom. The molecule has 0 fully saturated rings. The van der Waals surface area contributed by atoms with Crippen molar-refractivity contribution in [2.45, 2.75) is 71.6 Å². The van der Waals surface area contributed by atoms with Gasteiger partial charge in [-0.3, -0.25) is 0 Å². The van der Waals surface area contributed by atoms with Gasteiger partial charge in [-0.15, -0.1) is 0 Å².